The van der Waals surface area contributed by atoms with Crippen molar-refractivity contribution in [2.75, 3.05) is 6.61 Å². The minimum absolute atomic E-state index is 0.0439. The summed E-state index contributed by atoms with van der Waals surface area (Å²) in [6.07, 6.45) is 0.0190. The van der Waals surface area contributed by atoms with Gasteiger partial charge in [-0.15, -0.1) is 0 Å². The maximum atomic E-state index is 13.2. The van der Waals surface area contributed by atoms with E-state index < -0.39 is 24.0 Å². The van der Waals surface area contributed by atoms with Crippen molar-refractivity contribution in [3.63, 3.8) is 0 Å². The smallest absolute Gasteiger partial charge is 0.378 e. The van der Waals surface area contributed by atoms with Gasteiger partial charge in [-0.2, -0.15) is 13.2 Å². The normalized spacial score (nSPS) is 24.0. The molecule has 124 valence electrons. The molecule has 4 nitrogen and oxygen atoms in total. The summed E-state index contributed by atoms with van der Waals surface area (Å²) in [5, 5.41) is 2.17. The second-order valence-corrected chi connectivity index (χ2v) is 5.72. The van der Waals surface area contributed by atoms with E-state index in [1.54, 1.807) is 7.05 Å². The van der Waals surface area contributed by atoms with E-state index in [-0.39, 0.29) is 11.7 Å². The standard InChI is InChI=1S/C15H21F3N2O2/c1-3-12-8-10(5-7-22-12)14(21)19-13(15(16,17)18)11-4-6-20(2)9-11/h4,6,9-10,12-13H,3,5,7-8H2,1-2H3,(H,19,21)/t10-,12+,13+/m0/s1. The maximum Gasteiger partial charge on any atom is 0.412 e. The van der Waals surface area contributed by atoms with Gasteiger partial charge < -0.3 is 14.6 Å². The van der Waals surface area contributed by atoms with Crippen LogP contribution in [-0.4, -0.2) is 29.4 Å². The van der Waals surface area contributed by atoms with E-state index >= 15 is 0 Å². The molecule has 0 radical (unpaired) electrons. The lowest BCUT2D eigenvalue weighted by molar-refractivity contribution is -0.166. The molecule has 1 aliphatic rings. The number of hydrogen-bond donors (Lipinski definition) is 1. The molecule has 1 fully saturated rings. The molecule has 1 aromatic rings. The van der Waals surface area contributed by atoms with Crippen LogP contribution in [0.5, 0.6) is 0 Å². The zero-order valence-corrected chi connectivity index (χ0v) is 12.7. The zero-order chi connectivity index (χ0) is 16.3. The van der Waals surface area contributed by atoms with Crippen molar-refractivity contribution in [3.8, 4) is 0 Å². The fraction of sp³-hybridized carbons (Fsp3) is 0.667. The van der Waals surface area contributed by atoms with E-state index in [0.717, 1.165) is 6.42 Å². The molecular formula is C15H21F3N2O2. The third-order valence-corrected chi connectivity index (χ3v) is 4.00. The summed E-state index contributed by atoms with van der Waals surface area (Å²) >= 11 is 0. The molecule has 1 aromatic heterocycles. The number of amides is 1. The zero-order valence-electron chi connectivity index (χ0n) is 12.7. The second kappa shape index (κ2) is 6.73. The molecule has 22 heavy (non-hydrogen) atoms. The Kier molecular flexibility index (Phi) is 5.16. The molecule has 1 N–H and O–H groups in total. The molecule has 2 rings (SSSR count). The van der Waals surface area contributed by atoms with Crippen LogP contribution in [0.4, 0.5) is 13.2 Å². The highest BCUT2D eigenvalue weighted by Gasteiger charge is 2.43. The molecule has 2 heterocycles. The molecule has 0 aliphatic carbocycles. The Morgan fingerprint density at radius 1 is 1.55 bits per heavy atom. The Morgan fingerprint density at radius 3 is 2.82 bits per heavy atom. The van der Waals surface area contributed by atoms with Crippen LogP contribution < -0.4 is 5.32 Å². The van der Waals surface area contributed by atoms with Crippen LogP contribution in [0.3, 0.4) is 0 Å². The first-order valence-corrected chi connectivity index (χ1v) is 7.41. The van der Waals surface area contributed by atoms with E-state index in [1.165, 1.54) is 23.0 Å². The van der Waals surface area contributed by atoms with Gasteiger partial charge in [-0.1, -0.05) is 6.92 Å². The number of alkyl halides is 3. The number of aromatic nitrogens is 1. The SMILES string of the molecule is CC[C@@H]1C[C@@H](C(=O)N[C@H](c2ccn(C)c2)C(F)(F)F)CCO1. The number of halogens is 3. The van der Waals surface area contributed by atoms with Crippen molar-refractivity contribution >= 4 is 5.91 Å². The van der Waals surface area contributed by atoms with E-state index in [9.17, 15) is 18.0 Å². The number of hydrogen-bond acceptors (Lipinski definition) is 2. The van der Waals surface area contributed by atoms with Gasteiger partial charge in [0.25, 0.3) is 0 Å². The Hall–Kier alpha value is -1.50. The van der Waals surface area contributed by atoms with Gasteiger partial charge in [0.15, 0.2) is 6.04 Å². The van der Waals surface area contributed by atoms with Crippen molar-refractivity contribution < 1.29 is 22.7 Å². The third kappa shape index (κ3) is 4.03. The van der Waals surface area contributed by atoms with Crippen molar-refractivity contribution in [2.45, 2.75) is 44.5 Å². The maximum absolute atomic E-state index is 13.2. The molecule has 0 unspecified atom stereocenters. The molecule has 0 saturated carbocycles. The van der Waals surface area contributed by atoms with Crippen molar-refractivity contribution in [3.05, 3.63) is 24.0 Å². The number of nitrogens with one attached hydrogen (secondary N) is 1. The Balaban J connectivity index is 2.08. The summed E-state index contributed by atoms with van der Waals surface area (Å²) in [7, 11) is 1.64. The van der Waals surface area contributed by atoms with Crippen molar-refractivity contribution in [1.82, 2.24) is 9.88 Å². The number of nitrogens with zero attached hydrogens (tertiary/aromatic N) is 1. The van der Waals surface area contributed by atoms with Gasteiger partial charge in [-0.3, -0.25) is 4.79 Å². The highest BCUT2D eigenvalue weighted by atomic mass is 19.4. The molecule has 0 spiro atoms. The first kappa shape index (κ1) is 16.9. The van der Waals surface area contributed by atoms with Gasteiger partial charge in [-0.05, 0) is 25.3 Å². The first-order chi connectivity index (χ1) is 10.3. The van der Waals surface area contributed by atoms with Crippen LogP contribution in [0.1, 0.15) is 37.8 Å². The van der Waals surface area contributed by atoms with Gasteiger partial charge in [0, 0.05) is 37.5 Å². The Morgan fingerprint density at radius 2 is 2.27 bits per heavy atom. The largest absolute Gasteiger partial charge is 0.412 e. The van der Waals surface area contributed by atoms with E-state index in [2.05, 4.69) is 5.32 Å². The summed E-state index contributed by atoms with van der Waals surface area (Å²) in [5.74, 6) is -0.972. The average Bonchev–Trinajstić information content (AvgIpc) is 2.89. The van der Waals surface area contributed by atoms with Crippen LogP contribution in [0, 0.1) is 5.92 Å². The van der Waals surface area contributed by atoms with Gasteiger partial charge in [0.1, 0.15) is 0 Å². The lowest BCUT2D eigenvalue weighted by atomic mass is 9.93. The Bertz CT molecular complexity index is 513. The molecule has 3 atom stereocenters. The topological polar surface area (TPSA) is 43.3 Å². The van der Waals surface area contributed by atoms with E-state index in [4.69, 9.17) is 4.74 Å². The predicted molar refractivity (Wildman–Crippen MR) is 75.1 cm³/mol. The quantitative estimate of drug-likeness (QED) is 0.927. The van der Waals surface area contributed by atoms with Crippen molar-refractivity contribution in [1.29, 1.82) is 0 Å². The van der Waals surface area contributed by atoms with Gasteiger partial charge in [0.05, 0.1) is 6.10 Å². The molecule has 0 bridgehead atoms. The predicted octanol–water partition coefficient (Wildman–Crippen LogP) is 2.95. The van der Waals surface area contributed by atoms with Gasteiger partial charge in [0.2, 0.25) is 5.91 Å². The highest BCUT2D eigenvalue weighted by Crippen LogP contribution is 2.33. The lowest BCUT2D eigenvalue weighted by Crippen LogP contribution is -2.43. The van der Waals surface area contributed by atoms with Crippen LogP contribution in [0.25, 0.3) is 0 Å². The summed E-state index contributed by atoms with van der Waals surface area (Å²) in [6.45, 7) is 2.35. The molecule has 1 aliphatic heterocycles. The number of carbonyl (C=O) groups excluding carboxylic acids is 1. The van der Waals surface area contributed by atoms with E-state index in [1.807, 2.05) is 6.92 Å². The molecular weight excluding hydrogens is 297 g/mol. The van der Waals surface area contributed by atoms with Gasteiger partial charge >= 0.3 is 6.18 Å². The van der Waals surface area contributed by atoms with Crippen molar-refractivity contribution in [2.24, 2.45) is 13.0 Å². The van der Waals surface area contributed by atoms with Crippen LogP contribution in [0.2, 0.25) is 0 Å². The lowest BCUT2D eigenvalue weighted by Gasteiger charge is -2.30. The summed E-state index contributed by atoms with van der Waals surface area (Å²) in [4.78, 5) is 12.2. The van der Waals surface area contributed by atoms with Crippen LogP contribution in [0.15, 0.2) is 18.5 Å². The molecule has 7 heteroatoms. The summed E-state index contributed by atoms with van der Waals surface area (Å²) < 4.78 is 46.7. The number of rotatable bonds is 4. The molecule has 1 amide bonds. The summed E-state index contributed by atoms with van der Waals surface area (Å²) in [6, 6.07) is -0.596. The third-order valence-electron chi connectivity index (χ3n) is 4.00. The fourth-order valence-corrected chi connectivity index (χ4v) is 2.71. The monoisotopic (exact) mass is 318 g/mol. The summed E-state index contributed by atoms with van der Waals surface area (Å²) in [5.41, 5.74) is 0.0439. The number of aryl methyl sites for hydroxylation is 1. The molecule has 1 saturated heterocycles. The van der Waals surface area contributed by atoms with Gasteiger partial charge in [-0.25, -0.2) is 0 Å². The fourth-order valence-electron chi connectivity index (χ4n) is 2.71. The number of carbonyl (C=O) groups is 1. The minimum Gasteiger partial charge on any atom is -0.378 e. The van der Waals surface area contributed by atoms with Crippen LogP contribution in [-0.2, 0) is 16.6 Å². The first-order valence-electron chi connectivity index (χ1n) is 7.41. The number of ether oxygens (including phenoxy) is 1. The van der Waals surface area contributed by atoms with E-state index in [0.29, 0.717) is 19.4 Å². The average molecular weight is 318 g/mol. The highest BCUT2D eigenvalue weighted by molar-refractivity contribution is 5.79. The second-order valence-electron chi connectivity index (χ2n) is 5.72. The Labute approximate surface area is 127 Å². The molecule has 0 aromatic carbocycles. The van der Waals surface area contributed by atoms with Crippen LogP contribution >= 0.6 is 0 Å². The minimum atomic E-state index is -4.52.